The van der Waals surface area contributed by atoms with Crippen LogP contribution in [0.15, 0.2) is 12.4 Å². The third kappa shape index (κ3) is 3.00. The summed E-state index contributed by atoms with van der Waals surface area (Å²) < 4.78 is 25.3. The van der Waals surface area contributed by atoms with Crippen LogP contribution in [-0.2, 0) is 9.84 Å². The third-order valence-corrected chi connectivity index (χ3v) is 6.01. The Hall–Kier alpha value is -0.880. The molecule has 0 aliphatic carbocycles. The Kier molecular flexibility index (Phi) is 3.62. The van der Waals surface area contributed by atoms with E-state index >= 15 is 0 Å². The number of rotatable bonds is 2. The summed E-state index contributed by atoms with van der Waals surface area (Å²) in [5.74, 6) is 1.11. The maximum Gasteiger partial charge on any atom is 0.152 e. The van der Waals surface area contributed by atoms with Crippen LogP contribution >= 0.6 is 0 Å². The highest BCUT2D eigenvalue weighted by Crippen LogP contribution is 2.26. The standard InChI is InChI=1S/C13H21N3O2S/c17-19(18)6-2-4-13(10-19)16-9-12(8-15-16)11-3-1-5-14-7-11/h8-9,11,13-14H,1-7,10H2. The van der Waals surface area contributed by atoms with E-state index in [4.69, 9.17) is 0 Å². The van der Waals surface area contributed by atoms with Crippen molar-refractivity contribution in [3.05, 3.63) is 18.0 Å². The molecule has 2 saturated heterocycles. The van der Waals surface area contributed by atoms with Crippen molar-refractivity contribution in [3.63, 3.8) is 0 Å². The van der Waals surface area contributed by atoms with Crippen molar-refractivity contribution in [3.8, 4) is 0 Å². The van der Waals surface area contributed by atoms with Gasteiger partial charge in [-0.05, 0) is 43.7 Å². The summed E-state index contributed by atoms with van der Waals surface area (Å²) in [4.78, 5) is 0. The van der Waals surface area contributed by atoms with Crippen molar-refractivity contribution in [2.75, 3.05) is 24.6 Å². The van der Waals surface area contributed by atoms with Gasteiger partial charge in [0.1, 0.15) is 0 Å². The van der Waals surface area contributed by atoms with Crippen LogP contribution in [0.2, 0.25) is 0 Å². The van der Waals surface area contributed by atoms with Crippen LogP contribution in [0.25, 0.3) is 0 Å². The summed E-state index contributed by atoms with van der Waals surface area (Å²) >= 11 is 0. The average molecular weight is 283 g/mol. The van der Waals surface area contributed by atoms with Gasteiger partial charge in [0.2, 0.25) is 0 Å². The van der Waals surface area contributed by atoms with Crippen molar-refractivity contribution in [2.45, 2.75) is 37.6 Å². The van der Waals surface area contributed by atoms with Crippen LogP contribution in [0.3, 0.4) is 0 Å². The molecule has 2 aliphatic rings. The van der Waals surface area contributed by atoms with Crippen molar-refractivity contribution in [1.82, 2.24) is 15.1 Å². The summed E-state index contributed by atoms with van der Waals surface area (Å²) in [5.41, 5.74) is 1.25. The first-order chi connectivity index (χ1) is 9.14. The SMILES string of the molecule is O=S1(=O)CCCC(n2cc(C3CCCNC3)cn2)C1. The molecule has 1 aromatic heterocycles. The zero-order valence-electron chi connectivity index (χ0n) is 11.1. The molecule has 6 heteroatoms. The molecule has 1 N–H and O–H groups in total. The molecule has 2 atom stereocenters. The second kappa shape index (κ2) is 5.25. The van der Waals surface area contributed by atoms with Crippen molar-refractivity contribution in [1.29, 1.82) is 0 Å². The lowest BCUT2D eigenvalue weighted by Crippen LogP contribution is -2.28. The topological polar surface area (TPSA) is 64.0 Å². The predicted octanol–water partition coefficient (Wildman–Crippen LogP) is 1.10. The Morgan fingerprint density at radius 2 is 2.21 bits per heavy atom. The first-order valence-electron chi connectivity index (χ1n) is 7.09. The number of piperidine rings is 1. The minimum Gasteiger partial charge on any atom is -0.316 e. The molecule has 0 saturated carbocycles. The fraction of sp³-hybridized carbons (Fsp3) is 0.769. The molecule has 0 amide bonds. The molecule has 2 fully saturated rings. The fourth-order valence-corrected chi connectivity index (χ4v) is 4.79. The summed E-state index contributed by atoms with van der Waals surface area (Å²) in [6, 6.07) is 0.0315. The second-order valence-corrected chi connectivity index (χ2v) is 7.94. The van der Waals surface area contributed by atoms with E-state index in [0.29, 0.717) is 11.7 Å². The van der Waals surface area contributed by atoms with Gasteiger partial charge >= 0.3 is 0 Å². The predicted molar refractivity (Wildman–Crippen MR) is 74.0 cm³/mol. The van der Waals surface area contributed by atoms with E-state index in [1.165, 1.54) is 18.4 Å². The molecule has 3 rings (SSSR count). The van der Waals surface area contributed by atoms with Crippen LogP contribution in [0, 0.1) is 0 Å². The van der Waals surface area contributed by atoms with Gasteiger partial charge in [0.05, 0.1) is 23.7 Å². The molecular formula is C13H21N3O2S. The number of aromatic nitrogens is 2. The largest absolute Gasteiger partial charge is 0.316 e. The normalized spacial score (nSPS) is 31.2. The molecule has 106 valence electrons. The van der Waals surface area contributed by atoms with Crippen molar-refractivity contribution < 1.29 is 8.42 Å². The van der Waals surface area contributed by atoms with Gasteiger partial charge in [-0.3, -0.25) is 4.68 Å². The minimum absolute atomic E-state index is 0.0315. The van der Waals surface area contributed by atoms with E-state index in [1.807, 2.05) is 10.9 Å². The maximum absolute atomic E-state index is 11.7. The monoisotopic (exact) mass is 283 g/mol. The van der Waals surface area contributed by atoms with Gasteiger partial charge in [0.15, 0.2) is 9.84 Å². The van der Waals surface area contributed by atoms with E-state index < -0.39 is 9.84 Å². The third-order valence-electron chi connectivity index (χ3n) is 4.20. The van der Waals surface area contributed by atoms with Crippen LogP contribution in [0.1, 0.15) is 43.2 Å². The van der Waals surface area contributed by atoms with Crippen LogP contribution in [0.5, 0.6) is 0 Å². The number of nitrogens with one attached hydrogen (secondary N) is 1. The zero-order chi connectivity index (χ0) is 13.3. The highest BCUT2D eigenvalue weighted by molar-refractivity contribution is 7.91. The van der Waals surface area contributed by atoms with Gasteiger partial charge in [0, 0.05) is 12.7 Å². The molecule has 1 aromatic rings. The summed E-state index contributed by atoms with van der Waals surface area (Å²) in [7, 11) is -2.87. The number of sulfone groups is 1. The molecular weight excluding hydrogens is 262 g/mol. The maximum atomic E-state index is 11.7. The number of nitrogens with zero attached hydrogens (tertiary/aromatic N) is 2. The van der Waals surface area contributed by atoms with E-state index in [0.717, 1.165) is 25.9 Å². The lowest BCUT2D eigenvalue weighted by atomic mass is 9.94. The molecule has 0 aromatic carbocycles. The van der Waals surface area contributed by atoms with Crippen LogP contribution in [0.4, 0.5) is 0 Å². The molecule has 2 unspecified atom stereocenters. The van der Waals surface area contributed by atoms with Gasteiger partial charge in [0.25, 0.3) is 0 Å². The Morgan fingerprint density at radius 1 is 1.32 bits per heavy atom. The Morgan fingerprint density at radius 3 is 2.95 bits per heavy atom. The van der Waals surface area contributed by atoms with Gasteiger partial charge in [-0.15, -0.1) is 0 Å². The first-order valence-corrected chi connectivity index (χ1v) is 8.91. The lowest BCUT2D eigenvalue weighted by Gasteiger charge is -2.23. The van der Waals surface area contributed by atoms with E-state index in [-0.39, 0.29) is 11.8 Å². The Bertz CT molecular complexity index is 532. The average Bonchev–Trinajstić information content (AvgIpc) is 2.88. The van der Waals surface area contributed by atoms with E-state index in [9.17, 15) is 8.42 Å². The molecule has 5 nitrogen and oxygen atoms in total. The highest BCUT2D eigenvalue weighted by atomic mass is 32.2. The second-order valence-electron chi connectivity index (χ2n) is 5.71. The van der Waals surface area contributed by atoms with Gasteiger partial charge in [-0.2, -0.15) is 5.10 Å². The van der Waals surface area contributed by atoms with Crippen molar-refractivity contribution >= 4 is 9.84 Å². The molecule has 0 radical (unpaired) electrons. The van der Waals surface area contributed by atoms with Gasteiger partial charge < -0.3 is 5.32 Å². The zero-order valence-corrected chi connectivity index (χ0v) is 11.9. The van der Waals surface area contributed by atoms with Crippen molar-refractivity contribution in [2.24, 2.45) is 0 Å². The van der Waals surface area contributed by atoms with E-state index in [1.54, 1.807) is 0 Å². The van der Waals surface area contributed by atoms with E-state index in [2.05, 4.69) is 16.6 Å². The lowest BCUT2D eigenvalue weighted by molar-refractivity contribution is 0.432. The van der Waals surface area contributed by atoms with Crippen LogP contribution < -0.4 is 5.32 Å². The molecule has 0 spiro atoms. The number of hydrogen-bond donors (Lipinski definition) is 1. The summed E-state index contributed by atoms with van der Waals surface area (Å²) in [5, 5.41) is 7.81. The molecule has 19 heavy (non-hydrogen) atoms. The highest BCUT2D eigenvalue weighted by Gasteiger charge is 2.27. The first kappa shape index (κ1) is 13.1. The van der Waals surface area contributed by atoms with Crippen LogP contribution in [-0.4, -0.2) is 42.8 Å². The quantitative estimate of drug-likeness (QED) is 0.883. The molecule has 3 heterocycles. The molecule has 2 aliphatic heterocycles. The Balaban J connectivity index is 1.73. The molecule has 0 bridgehead atoms. The fourth-order valence-electron chi connectivity index (χ4n) is 3.11. The smallest absolute Gasteiger partial charge is 0.152 e. The van der Waals surface area contributed by atoms with Gasteiger partial charge in [-0.1, -0.05) is 0 Å². The number of hydrogen-bond acceptors (Lipinski definition) is 4. The summed E-state index contributed by atoms with van der Waals surface area (Å²) in [6.07, 6.45) is 8.05. The Labute approximate surface area is 114 Å². The van der Waals surface area contributed by atoms with Gasteiger partial charge in [-0.25, -0.2) is 8.42 Å². The minimum atomic E-state index is -2.87. The summed E-state index contributed by atoms with van der Waals surface area (Å²) in [6.45, 7) is 2.11.